The summed E-state index contributed by atoms with van der Waals surface area (Å²) in [5.41, 5.74) is 5.48. The Kier molecular flexibility index (Phi) is 4.80. The van der Waals surface area contributed by atoms with Gasteiger partial charge in [-0.05, 0) is 45.2 Å². The SMILES string of the molecule is CC1CCN(CCC(C)(C)C(N)=NO)C(C)C1. The zero-order valence-electron chi connectivity index (χ0n) is 11.6. The van der Waals surface area contributed by atoms with Crippen molar-refractivity contribution in [1.29, 1.82) is 0 Å². The summed E-state index contributed by atoms with van der Waals surface area (Å²) in [6.07, 6.45) is 3.50. The average Bonchev–Trinajstić information content (AvgIpc) is 2.26. The van der Waals surface area contributed by atoms with Crippen LogP contribution in [0.5, 0.6) is 0 Å². The van der Waals surface area contributed by atoms with E-state index in [0.29, 0.717) is 11.9 Å². The van der Waals surface area contributed by atoms with Crippen LogP contribution >= 0.6 is 0 Å². The molecule has 100 valence electrons. The monoisotopic (exact) mass is 241 g/mol. The highest BCUT2D eigenvalue weighted by Gasteiger charge is 2.27. The van der Waals surface area contributed by atoms with Gasteiger partial charge < -0.3 is 15.8 Å². The van der Waals surface area contributed by atoms with Crippen molar-refractivity contribution in [3.8, 4) is 0 Å². The van der Waals surface area contributed by atoms with Crippen LogP contribution in [0.15, 0.2) is 5.16 Å². The van der Waals surface area contributed by atoms with E-state index in [1.54, 1.807) is 0 Å². The maximum Gasteiger partial charge on any atom is 0.144 e. The van der Waals surface area contributed by atoms with E-state index in [4.69, 9.17) is 10.9 Å². The van der Waals surface area contributed by atoms with Crippen molar-refractivity contribution >= 4 is 5.84 Å². The Morgan fingerprint density at radius 2 is 2.12 bits per heavy atom. The minimum atomic E-state index is -0.225. The molecule has 1 rings (SSSR count). The number of nitrogens with two attached hydrogens (primary N) is 1. The molecule has 0 aromatic rings. The Bertz CT molecular complexity index is 276. The van der Waals surface area contributed by atoms with Gasteiger partial charge in [-0.25, -0.2) is 0 Å². The van der Waals surface area contributed by atoms with Crippen molar-refractivity contribution in [2.45, 2.75) is 53.0 Å². The molecule has 1 fully saturated rings. The van der Waals surface area contributed by atoms with Gasteiger partial charge >= 0.3 is 0 Å². The van der Waals surface area contributed by atoms with Gasteiger partial charge in [0, 0.05) is 11.5 Å². The molecule has 1 heterocycles. The first-order valence-corrected chi connectivity index (χ1v) is 6.59. The molecule has 0 aromatic heterocycles. The molecule has 2 atom stereocenters. The maximum atomic E-state index is 8.74. The minimum absolute atomic E-state index is 0.225. The van der Waals surface area contributed by atoms with Gasteiger partial charge in [-0.1, -0.05) is 25.9 Å². The van der Waals surface area contributed by atoms with Gasteiger partial charge in [0.05, 0.1) is 0 Å². The van der Waals surface area contributed by atoms with Gasteiger partial charge in [0.15, 0.2) is 0 Å². The molecule has 0 amide bonds. The molecule has 0 bridgehead atoms. The molecular weight excluding hydrogens is 214 g/mol. The molecule has 17 heavy (non-hydrogen) atoms. The fourth-order valence-electron chi connectivity index (χ4n) is 2.47. The normalized spacial score (nSPS) is 28.4. The Balaban J connectivity index is 2.45. The van der Waals surface area contributed by atoms with Gasteiger partial charge in [0.2, 0.25) is 0 Å². The van der Waals surface area contributed by atoms with E-state index in [1.807, 2.05) is 13.8 Å². The van der Waals surface area contributed by atoms with Crippen LogP contribution in [0.4, 0.5) is 0 Å². The molecule has 0 aliphatic carbocycles. The smallest absolute Gasteiger partial charge is 0.144 e. The van der Waals surface area contributed by atoms with E-state index in [9.17, 15) is 0 Å². The summed E-state index contributed by atoms with van der Waals surface area (Å²) in [5.74, 6) is 1.17. The number of oxime groups is 1. The fraction of sp³-hybridized carbons (Fsp3) is 0.923. The van der Waals surface area contributed by atoms with Crippen molar-refractivity contribution in [3.63, 3.8) is 0 Å². The summed E-state index contributed by atoms with van der Waals surface area (Å²) in [5, 5.41) is 11.9. The fourth-order valence-corrected chi connectivity index (χ4v) is 2.47. The second kappa shape index (κ2) is 5.71. The van der Waals surface area contributed by atoms with Gasteiger partial charge in [0.1, 0.15) is 5.84 Å². The minimum Gasteiger partial charge on any atom is -0.409 e. The third kappa shape index (κ3) is 3.87. The van der Waals surface area contributed by atoms with Crippen LogP contribution in [0.2, 0.25) is 0 Å². The number of likely N-dealkylation sites (tertiary alicyclic amines) is 1. The molecule has 0 spiro atoms. The van der Waals surface area contributed by atoms with Crippen molar-refractivity contribution in [2.24, 2.45) is 22.2 Å². The molecule has 1 aliphatic rings. The Labute approximate surface area is 105 Å². The lowest BCUT2D eigenvalue weighted by Gasteiger charge is -2.38. The Hall–Kier alpha value is -0.770. The van der Waals surface area contributed by atoms with E-state index in [1.165, 1.54) is 19.4 Å². The lowest BCUT2D eigenvalue weighted by atomic mass is 9.86. The third-order valence-corrected chi connectivity index (χ3v) is 4.10. The molecule has 0 aromatic carbocycles. The van der Waals surface area contributed by atoms with Gasteiger partial charge in [-0.2, -0.15) is 0 Å². The Morgan fingerprint density at radius 3 is 2.65 bits per heavy atom. The highest BCUT2D eigenvalue weighted by molar-refractivity contribution is 5.85. The van der Waals surface area contributed by atoms with Crippen LogP contribution < -0.4 is 5.73 Å². The predicted molar refractivity (Wildman–Crippen MR) is 71.2 cm³/mol. The van der Waals surface area contributed by atoms with Crippen molar-refractivity contribution in [1.82, 2.24) is 4.90 Å². The van der Waals surface area contributed by atoms with Gasteiger partial charge in [-0.15, -0.1) is 0 Å². The number of nitrogens with zero attached hydrogens (tertiary/aromatic N) is 2. The second-order valence-corrected chi connectivity index (χ2v) is 6.13. The van der Waals surface area contributed by atoms with E-state index >= 15 is 0 Å². The largest absolute Gasteiger partial charge is 0.409 e. The zero-order chi connectivity index (χ0) is 13.1. The molecule has 2 unspecified atom stereocenters. The first-order valence-electron chi connectivity index (χ1n) is 6.59. The van der Waals surface area contributed by atoms with Crippen LogP contribution in [0.25, 0.3) is 0 Å². The van der Waals surface area contributed by atoms with Crippen LogP contribution in [0.3, 0.4) is 0 Å². The molecule has 0 saturated carbocycles. The van der Waals surface area contributed by atoms with Gasteiger partial charge in [-0.3, -0.25) is 0 Å². The highest BCUT2D eigenvalue weighted by Crippen LogP contribution is 2.26. The summed E-state index contributed by atoms with van der Waals surface area (Å²) in [6, 6.07) is 0.654. The second-order valence-electron chi connectivity index (χ2n) is 6.13. The van der Waals surface area contributed by atoms with Crippen molar-refractivity contribution in [2.75, 3.05) is 13.1 Å². The number of hydrogen-bond acceptors (Lipinski definition) is 3. The lowest BCUT2D eigenvalue weighted by molar-refractivity contribution is 0.119. The molecule has 1 saturated heterocycles. The Morgan fingerprint density at radius 1 is 1.47 bits per heavy atom. The number of rotatable bonds is 4. The van der Waals surface area contributed by atoms with Crippen LogP contribution in [-0.2, 0) is 0 Å². The summed E-state index contributed by atoms with van der Waals surface area (Å²) >= 11 is 0. The van der Waals surface area contributed by atoms with Crippen molar-refractivity contribution in [3.05, 3.63) is 0 Å². The number of piperidine rings is 1. The standard InChI is InChI=1S/C13H27N3O/c1-10-5-7-16(11(2)9-10)8-6-13(3,4)12(14)15-17/h10-11,17H,5-9H2,1-4H3,(H2,14,15). The van der Waals surface area contributed by atoms with Crippen LogP contribution in [0.1, 0.15) is 47.0 Å². The molecular formula is C13H27N3O. The van der Waals surface area contributed by atoms with E-state index < -0.39 is 0 Å². The molecule has 1 aliphatic heterocycles. The molecule has 4 heteroatoms. The average molecular weight is 241 g/mol. The first-order chi connectivity index (χ1) is 7.86. The van der Waals surface area contributed by atoms with Crippen molar-refractivity contribution < 1.29 is 5.21 Å². The van der Waals surface area contributed by atoms with E-state index in [0.717, 1.165) is 18.9 Å². The third-order valence-electron chi connectivity index (χ3n) is 4.10. The number of amidine groups is 1. The lowest BCUT2D eigenvalue weighted by Crippen LogP contribution is -2.43. The predicted octanol–water partition coefficient (Wildman–Crippen LogP) is 2.27. The first kappa shape index (κ1) is 14.3. The summed E-state index contributed by atoms with van der Waals surface area (Å²) in [4.78, 5) is 2.52. The molecule has 3 N–H and O–H groups in total. The summed E-state index contributed by atoms with van der Waals surface area (Å²) in [7, 11) is 0. The molecule has 4 nitrogen and oxygen atoms in total. The summed E-state index contributed by atoms with van der Waals surface area (Å²) < 4.78 is 0. The number of hydrogen-bond donors (Lipinski definition) is 2. The van der Waals surface area contributed by atoms with E-state index in [-0.39, 0.29) is 5.41 Å². The van der Waals surface area contributed by atoms with E-state index in [2.05, 4.69) is 23.9 Å². The maximum absolute atomic E-state index is 8.74. The summed E-state index contributed by atoms with van der Waals surface area (Å²) in [6.45, 7) is 10.9. The zero-order valence-corrected chi connectivity index (χ0v) is 11.6. The van der Waals surface area contributed by atoms with Gasteiger partial charge in [0.25, 0.3) is 0 Å². The topological polar surface area (TPSA) is 61.8 Å². The molecule has 0 radical (unpaired) electrons. The highest BCUT2D eigenvalue weighted by atomic mass is 16.4. The van der Waals surface area contributed by atoms with Crippen LogP contribution in [-0.4, -0.2) is 35.1 Å². The van der Waals surface area contributed by atoms with Crippen LogP contribution in [0, 0.1) is 11.3 Å². The quantitative estimate of drug-likeness (QED) is 0.343.